The summed E-state index contributed by atoms with van der Waals surface area (Å²) in [4.78, 5) is 11.6. The molecule has 0 heterocycles. The molecular formula is C14H21FN2O2. The Bertz CT molecular complexity index is 422. The average molecular weight is 268 g/mol. The third kappa shape index (κ3) is 6.20. The molecule has 0 spiro atoms. The first-order valence-electron chi connectivity index (χ1n) is 6.41. The number of ether oxygens (including phenoxy) is 1. The van der Waals surface area contributed by atoms with E-state index in [-0.39, 0.29) is 18.0 Å². The summed E-state index contributed by atoms with van der Waals surface area (Å²) < 4.78 is 18.3. The smallest absolute Gasteiger partial charge is 0.319 e. The predicted octanol–water partition coefficient (Wildman–Crippen LogP) is 3.07. The quantitative estimate of drug-likeness (QED) is 0.779. The zero-order valence-electron chi connectivity index (χ0n) is 11.6. The molecule has 2 N–H and O–H groups in total. The Kier molecular flexibility index (Phi) is 6.29. The van der Waals surface area contributed by atoms with Crippen LogP contribution in [0.3, 0.4) is 0 Å². The fraction of sp³-hybridized carbons (Fsp3) is 0.500. The van der Waals surface area contributed by atoms with Gasteiger partial charge in [0, 0.05) is 18.8 Å². The first-order chi connectivity index (χ1) is 8.99. The minimum absolute atomic E-state index is 0.204. The van der Waals surface area contributed by atoms with Crippen molar-refractivity contribution >= 4 is 11.7 Å². The summed E-state index contributed by atoms with van der Waals surface area (Å²) >= 11 is 0. The van der Waals surface area contributed by atoms with Gasteiger partial charge in [-0.05, 0) is 51.0 Å². The molecule has 1 aromatic rings. The van der Waals surface area contributed by atoms with Crippen LogP contribution in [0.2, 0.25) is 0 Å². The molecule has 19 heavy (non-hydrogen) atoms. The van der Waals surface area contributed by atoms with E-state index in [0.717, 1.165) is 6.42 Å². The van der Waals surface area contributed by atoms with Gasteiger partial charge in [0.25, 0.3) is 0 Å². The van der Waals surface area contributed by atoms with Gasteiger partial charge in [0.05, 0.1) is 6.10 Å². The van der Waals surface area contributed by atoms with Crippen LogP contribution in [0, 0.1) is 12.7 Å². The first kappa shape index (κ1) is 15.4. The number of aryl methyl sites for hydroxylation is 1. The highest BCUT2D eigenvalue weighted by atomic mass is 19.1. The van der Waals surface area contributed by atoms with Crippen LogP contribution in [0.5, 0.6) is 0 Å². The zero-order valence-corrected chi connectivity index (χ0v) is 11.6. The van der Waals surface area contributed by atoms with Gasteiger partial charge < -0.3 is 15.4 Å². The van der Waals surface area contributed by atoms with Crippen LogP contribution in [-0.2, 0) is 4.74 Å². The minimum atomic E-state index is -0.311. The normalized spacial score (nSPS) is 10.6. The lowest BCUT2D eigenvalue weighted by Crippen LogP contribution is -2.30. The lowest BCUT2D eigenvalue weighted by Gasteiger charge is -2.10. The highest BCUT2D eigenvalue weighted by Gasteiger charge is 2.04. The number of carbonyl (C=O) groups excluding carboxylic acids is 1. The summed E-state index contributed by atoms with van der Waals surface area (Å²) in [5.74, 6) is -0.311. The maximum Gasteiger partial charge on any atom is 0.319 e. The molecule has 0 bridgehead atoms. The molecule has 4 nitrogen and oxygen atoms in total. The number of hydrogen-bond acceptors (Lipinski definition) is 2. The summed E-state index contributed by atoms with van der Waals surface area (Å²) in [5, 5.41) is 5.40. The van der Waals surface area contributed by atoms with Gasteiger partial charge in [-0.2, -0.15) is 0 Å². The first-order valence-corrected chi connectivity index (χ1v) is 6.41. The summed E-state index contributed by atoms with van der Waals surface area (Å²) in [6.07, 6.45) is 0.962. The van der Waals surface area contributed by atoms with Gasteiger partial charge in [-0.25, -0.2) is 9.18 Å². The molecule has 0 aliphatic heterocycles. The molecule has 5 heteroatoms. The molecule has 0 aliphatic rings. The van der Waals surface area contributed by atoms with Crippen molar-refractivity contribution in [2.45, 2.75) is 33.3 Å². The van der Waals surface area contributed by atoms with Crippen molar-refractivity contribution in [1.82, 2.24) is 5.32 Å². The minimum Gasteiger partial charge on any atom is -0.379 e. The molecule has 1 rings (SSSR count). The van der Waals surface area contributed by atoms with E-state index < -0.39 is 0 Å². The molecule has 2 amide bonds. The molecule has 0 saturated carbocycles. The fourth-order valence-corrected chi connectivity index (χ4v) is 1.53. The van der Waals surface area contributed by atoms with E-state index >= 15 is 0 Å². The summed E-state index contributed by atoms with van der Waals surface area (Å²) in [7, 11) is 0. The standard InChI is InChI=1S/C14H21FN2O2/c1-10(2)19-8-4-7-16-14(18)17-13-6-5-12(15)9-11(13)3/h5-6,9-10H,4,7-8H2,1-3H3,(H2,16,17,18). The molecule has 0 saturated heterocycles. The Morgan fingerprint density at radius 3 is 2.79 bits per heavy atom. The lowest BCUT2D eigenvalue weighted by atomic mass is 10.2. The number of carbonyl (C=O) groups is 1. The molecule has 0 aromatic heterocycles. The number of benzene rings is 1. The van der Waals surface area contributed by atoms with Crippen LogP contribution < -0.4 is 10.6 Å². The van der Waals surface area contributed by atoms with Crippen LogP contribution in [-0.4, -0.2) is 25.3 Å². The maximum absolute atomic E-state index is 12.9. The largest absolute Gasteiger partial charge is 0.379 e. The zero-order chi connectivity index (χ0) is 14.3. The van der Waals surface area contributed by atoms with E-state index in [9.17, 15) is 9.18 Å². The molecule has 0 fully saturated rings. The molecule has 1 aromatic carbocycles. The number of hydrogen-bond donors (Lipinski definition) is 2. The summed E-state index contributed by atoms with van der Waals surface area (Å²) in [6.45, 7) is 6.84. The average Bonchev–Trinajstić information content (AvgIpc) is 2.32. The Hall–Kier alpha value is -1.62. The molecule has 0 atom stereocenters. The second kappa shape index (κ2) is 7.74. The Morgan fingerprint density at radius 2 is 2.16 bits per heavy atom. The van der Waals surface area contributed by atoms with Crippen LogP contribution in [0.25, 0.3) is 0 Å². The summed E-state index contributed by atoms with van der Waals surface area (Å²) in [5.41, 5.74) is 1.30. The number of urea groups is 1. The van der Waals surface area contributed by atoms with E-state index in [0.29, 0.717) is 24.4 Å². The predicted molar refractivity (Wildman–Crippen MR) is 73.9 cm³/mol. The van der Waals surface area contributed by atoms with Crippen molar-refractivity contribution in [2.24, 2.45) is 0 Å². The van der Waals surface area contributed by atoms with E-state index in [1.165, 1.54) is 12.1 Å². The molecular weight excluding hydrogens is 247 g/mol. The van der Waals surface area contributed by atoms with Gasteiger partial charge in [-0.3, -0.25) is 0 Å². The SMILES string of the molecule is Cc1cc(F)ccc1NC(=O)NCCCOC(C)C. The number of nitrogens with one attached hydrogen (secondary N) is 2. The van der Waals surface area contributed by atoms with Crippen molar-refractivity contribution in [3.8, 4) is 0 Å². The van der Waals surface area contributed by atoms with Gasteiger partial charge in [-0.1, -0.05) is 0 Å². The Balaban J connectivity index is 2.27. The molecule has 106 valence electrons. The van der Waals surface area contributed by atoms with Crippen LogP contribution >= 0.6 is 0 Å². The van der Waals surface area contributed by atoms with Gasteiger partial charge in [0.15, 0.2) is 0 Å². The van der Waals surface area contributed by atoms with Crippen molar-refractivity contribution in [3.63, 3.8) is 0 Å². The topological polar surface area (TPSA) is 50.4 Å². The fourth-order valence-electron chi connectivity index (χ4n) is 1.53. The van der Waals surface area contributed by atoms with Crippen LogP contribution in [0.15, 0.2) is 18.2 Å². The van der Waals surface area contributed by atoms with Gasteiger partial charge >= 0.3 is 6.03 Å². The number of halogens is 1. The third-order valence-corrected chi connectivity index (χ3v) is 2.49. The lowest BCUT2D eigenvalue weighted by molar-refractivity contribution is 0.0775. The van der Waals surface area contributed by atoms with Crippen molar-refractivity contribution < 1.29 is 13.9 Å². The number of anilines is 1. The van der Waals surface area contributed by atoms with Crippen molar-refractivity contribution in [3.05, 3.63) is 29.6 Å². The maximum atomic E-state index is 12.9. The number of rotatable bonds is 6. The third-order valence-electron chi connectivity index (χ3n) is 2.49. The van der Waals surface area contributed by atoms with Gasteiger partial charge in [0.2, 0.25) is 0 Å². The van der Waals surface area contributed by atoms with E-state index in [1.807, 2.05) is 13.8 Å². The second-order valence-corrected chi connectivity index (χ2v) is 4.61. The molecule has 0 unspecified atom stereocenters. The van der Waals surface area contributed by atoms with E-state index in [2.05, 4.69) is 10.6 Å². The molecule has 0 aliphatic carbocycles. The van der Waals surface area contributed by atoms with Gasteiger partial charge in [0.1, 0.15) is 5.82 Å². The van der Waals surface area contributed by atoms with Crippen molar-refractivity contribution in [1.29, 1.82) is 0 Å². The van der Waals surface area contributed by atoms with E-state index in [4.69, 9.17) is 4.74 Å². The highest BCUT2D eigenvalue weighted by molar-refractivity contribution is 5.89. The summed E-state index contributed by atoms with van der Waals surface area (Å²) in [6, 6.07) is 3.95. The van der Waals surface area contributed by atoms with Gasteiger partial charge in [-0.15, -0.1) is 0 Å². The van der Waals surface area contributed by atoms with Crippen LogP contribution in [0.4, 0.5) is 14.9 Å². The monoisotopic (exact) mass is 268 g/mol. The van der Waals surface area contributed by atoms with Crippen molar-refractivity contribution in [2.75, 3.05) is 18.5 Å². The Morgan fingerprint density at radius 1 is 1.42 bits per heavy atom. The second-order valence-electron chi connectivity index (χ2n) is 4.61. The highest BCUT2D eigenvalue weighted by Crippen LogP contribution is 2.15. The number of amides is 2. The van der Waals surface area contributed by atoms with Crippen LogP contribution in [0.1, 0.15) is 25.8 Å². The molecule has 0 radical (unpaired) electrons. The van der Waals surface area contributed by atoms with E-state index in [1.54, 1.807) is 13.0 Å². The Labute approximate surface area is 113 Å².